The molecular formula is C14H18N4O2. The Hall–Kier alpha value is -2.13. The molecule has 0 aliphatic carbocycles. The van der Waals surface area contributed by atoms with E-state index in [-0.39, 0.29) is 5.91 Å². The second-order valence-corrected chi connectivity index (χ2v) is 4.58. The predicted molar refractivity (Wildman–Crippen MR) is 74.2 cm³/mol. The van der Waals surface area contributed by atoms with E-state index in [0.717, 1.165) is 6.42 Å². The second-order valence-electron chi connectivity index (χ2n) is 4.58. The maximum absolute atomic E-state index is 12.2. The van der Waals surface area contributed by atoms with Crippen molar-refractivity contribution in [3.8, 4) is 6.07 Å². The topological polar surface area (TPSA) is 78.2 Å². The molecule has 0 saturated carbocycles. The van der Waals surface area contributed by atoms with Gasteiger partial charge < -0.3 is 15.0 Å². The molecule has 1 fully saturated rings. The number of carbonyl (C=O) groups is 1. The van der Waals surface area contributed by atoms with Gasteiger partial charge in [-0.25, -0.2) is 0 Å². The lowest BCUT2D eigenvalue weighted by Gasteiger charge is -2.36. The van der Waals surface area contributed by atoms with Crippen LogP contribution in [-0.4, -0.2) is 43.2 Å². The quantitative estimate of drug-likeness (QED) is 0.873. The molecule has 6 nitrogen and oxygen atoms in total. The summed E-state index contributed by atoms with van der Waals surface area (Å²) in [5, 5.41) is 12.1. The SMILES string of the molecule is CCCNC(=O)C1COCCN1c1cnccc1C#N. The largest absolute Gasteiger partial charge is 0.377 e. The van der Waals surface area contributed by atoms with E-state index in [1.165, 1.54) is 0 Å². The van der Waals surface area contributed by atoms with Crippen LogP contribution in [0.1, 0.15) is 18.9 Å². The third kappa shape index (κ3) is 3.06. The molecule has 6 heteroatoms. The zero-order valence-electron chi connectivity index (χ0n) is 11.5. The first-order valence-electron chi connectivity index (χ1n) is 6.74. The number of rotatable bonds is 4. The van der Waals surface area contributed by atoms with Gasteiger partial charge in [-0.3, -0.25) is 9.78 Å². The van der Waals surface area contributed by atoms with E-state index in [1.54, 1.807) is 18.5 Å². The summed E-state index contributed by atoms with van der Waals surface area (Å²) in [6.45, 7) is 4.09. The van der Waals surface area contributed by atoms with Gasteiger partial charge in [0.15, 0.2) is 0 Å². The second kappa shape index (κ2) is 6.87. The van der Waals surface area contributed by atoms with E-state index in [1.807, 2.05) is 11.8 Å². The van der Waals surface area contributed by atoms with Crippen molar-refractivity contribution in [2.45, 2.75) is 19.4 Å². The van der Waals surface area contributed by atoms with Gasteiger partial charge in [0.25, 0.3) is 0 Å². The molecule has 0 radical (unpaired) electrons. The lowest BCUT2D eigenvalue weighted by Crippen LogP contribution is -2.54. The summed E-state index contributed by atoms with van der Waals surface area (Å²) in [7, 11) is 0. The van der Waals surface area contributed by atoms with Crippen molar-refractivity contribution in [3.63, 3.8) is 0 Å². The standard InChI is InChI=1S/C14H18N4O2/c1-2-4-17-14(19)13-10-20-7-6-18(13)12-9-16-5-3-11(12)8-15/h3,5,9,13H,2,4,6-7,10H2,1H3,(H,17,19). The van der Waals surface area contributed by atoms with Crippen molar-refractivity contribution in [2.24, 2.45) is 0 Å². The first-order valence-corrected chi connectivity index (χ1v) is 6.74. The van der Waals surface area contributed by atoms with E-state index in [4.69, 9.17) is 4.74 Å². The smallest absolute Gasteiger partial charge is 0.245 e. The molecule has 1 atom stereocenters. The average Bonchev–Trinajstić information content (AvgIpc) is 2.52. The molecule has 1 unspecified atom stereocenters. The zero-order chi connectivity index (χ0) is 14.4. The highest BCUT2D eigenvalue weighted by Gasteiger charge is 2.30. The molecule has 106 valence electrons. The molecule has 1 aliphatic heterocycles. The lowest BCUT2D eigenvalue weighted by atomic mass is 10.1. The molecule has 0 aromatic carbocycles. The number of carbonyl (C=O) groups excluding carboxylic acids is 1. The summed E-state index contributed by atoms with van der Waals surface area (Å²) < 4.78 is 5.40. The van der Waals surface area contributed by atoms with Crippen LogP contribution in [0, 0.1) is 11.3 Å². The molecule has 2 rings (SSSR count). The minimum Gasteiger partial charge on any atom is -0.377 e. The van der Waals surface area contributed by atoms with E-state index in [9.17, 15) is 10.1 Å². The maximum Gasteiger partial charge on any atom is 0.245 e. The van der Waals surface area contributed by atoms with Crippen molar-refractivity contribution in [2.75, 3.05) is 31.2 Å². The van der Waals surface area contributed by atoms with Gasteiger partial charge >= 0.3 is 0 Å². The Morgan fingerprint density at radius 1 is 1.70 bits per heavy atom. The highest BCUT2D eigenvalue weighted by Crippen LogP contribution is 2.22. The van der Waals surface area contributed by atoms with Gasteiger partial charge in [0.05, 0.1) is 30.7 Å². The molecule has 0 bridgehead atoms. The highest BCUT2D eigenvalue weighted by atomic mass is 16.5. The van der Waals surface area contributed by atoms with Crippen LogP contribution in [0.3, 0.4) is 0 Å². The van der Waals surface area contributed by atoms with Crippen molar-refractivity contribution in [1.29, 1.82) is 5.26 Å². The van der Waals surface area contributed by atoms with Gasteiger partial charge in [-0.2, -0.15) is 5.26 Å². The number of pyridine rings is 1. The Kier molecular flexibility index (Phi) is 4.91. The number of amides is 1. The van der Waals surface area contributed by atoms with Crippen LogP contribution in [0.2, 0.25) is 0 Å². The first-order chi connectivity index (χ1) is 9.77. The van der Waals surface area contributed by atoms with Crippen LogP contribution in [0.15, 0.2) is 18.5 Å². The molecule has 2 heterocycles. The maximum atomic E-state index is 12.2. The fourth-order valence-corrected chi connectivity index (χ4v) is 2.18. The van der Waals surface area contributed by atoms with Crippen LogP contribution < -0.4 is 10.2 Å². The Balaban J connectivity index is 2.22. The Morgan fingerprint density at radius 3 is 3.30 bits per heavy atom. The predicted octanol–water partition coefficient (Wildman–Crippen LogP) is 0.685. The number of nitriles is 1. The molecule has 1 N–H and O–H groups in total. The lowest BCUT2D eigenvalue weighted by molar-refractivity contribution is -0.124. The molecule has 20 heavy (non-hydrogen) atoms. The summed E-state index contributed by atoms with van der Waals surface area (Å²) in [6.07, 6.45) is 4.09. The number of hydrogen-bond donors (Lipinski definition) is 1. The number of nitrogens with one attached hydrogen (secondary N) is 1. The summed E-state index contributed by atoms with van der Waals surface area (Å²) in [5.74, 6) is -0.0701. The Morgan fingerprint density at radius 2 is 2.55 bits per heavy atom. The van der Waals surface area contributed by atoms with Gasteiger partial charge in [0.1, 0.15) is 12.1 Å². The molecule has 1 amide bonds. The number of morpholine rings is 1. The minimum absolute atomic E-state index is 0.0701. The first kappa shape index (κ1) is 14.3. The summed E-state index contributed by atoms with van der Waals surface area (Å²) >= 11 is 0. The van der Waals surface area contributed by atoms with Crippen LogP contribution in [0.5, 0.6) is 0 Å². The van der Waals surface area contributed by atoms with Crippen LogP contribution in [0.25, 0.3) is 0 Å². The van der Waals surface area contributed by atoms with Crippen LogP contribution in [-0.2, 0) is 9.53 Å². The highest BCUT2D eigenvalue weighted by molar-refractivity contribution is 5.86. The van der Waals surface area contributed by atoms with E-state index < -0.39 is 6.04 Å². The fourth-order valence-electron chi connectivity index (χ4n) is 2.18. The number of aromatic nitrogens is 1. The zero-order valence-corrected chi connectivity index (χ0v) is 11.5. The average molecular weight is 274 g/mol. The normalized spacial score (nSPS) is 18.4. The van der Waals surface area contributed by atoms with E-state index >= 15 is 0 Å². The van der Waals surface area contributed by atoms with Crippen molar-refractivity contribution >= 4 is 11.6 Å². The van der Waals surface area contributed by atoms with Crippen molar-refractivity contribution in [3.05, 3.63) is 24.0 Å². The van der Waals surface area contributed by atoms with Gasteiger partial charge in [0, 0.05) is 19.3 Å². The van der Waals surface area contributed by atoms with Gasteiger partial charge in [-0.1, -0.05) is 6.92 Å². The van der Waals surface area contributed by atoms with Crippen molar-refractivity contribution < 1.29 is 9.53 Å². The molecule has 1 aromatic rings. The monoisotopic (exact) mass is 274 g/mol. The van der Waals surface area contributed by atoms with Gasteiger partial charge in [-0.15, -0.1) is 0 Å². The Labute approximate surface area is 118 Å². The number of ether oxygens (including phenoxy) is 1. The molecule has 1 aromatic heterocycles. The summed E-state index contributed by atoms with van der Waals surface area (Å²) in [5.41, 5.74) is 1.21. The fraction of sp³-hybridized carbons (Fsp3) is 0.500. The molecule has 0 spiro atoms. The van der Waals surface area contributed by atoms with Crippen LogP contribution in [0.4, 0.5) is 5.69 Å². The summed E-state index contributed by atoms with van der Waals surface area (Å²) in [6, 6.07) is 3.39. The van der Waals surface area contributed by atoms with Crippen molar-refractivity contribution in [1.82, 2.24) is 10.3 Å². The summed E-state index contributed by atoms with van der Waals surface area (Å²) in [4.78, 5) is 18.2. The van der Waals surface area contributed by atoms with Gasteiger partial charge in [-0.05, 0) is 12.5 Å². The number of nitrogens with zero attached hydrogens (tertiary/aromatic N) is 3. The van der Waals surface area contributed by atoms with Gasteiger partial charge in [0.2, 0.25) is 5.91 Å². The number of hydrogen-bond acceptors (Lipinski definition) is 5. The van der Waals surface area contributed by atoms with E-state index in [2.05, 4.69) is 16.4 Å². The molecule has 1 aliphatic rings. The van der Waals surface area contributed by atoms with Crippen LogP contribution >= 0.6 is 0 Å². The number of anilines is 1. The Bertz CT molecular complexity index is 512. The minimum atomic E-state index is -0.411. The van der Waals surface area contributed by atoms with E-state index in [0.29, 0.717) is 37.6 Å². The third-order valence-corrected chi connectivity index (χ3v) is 3.21. The third-order valence-electron chi connectivity index (χ3n) is 3.21. The molecular weight excluding hydrogens is 256 g/mol. The molecule has 1 saturated heterocycles.